The number of nitro groups is 1. The quantitative estimate of drug-likeness (QED) is 0.673. The third kappa shape index (κ3) is 3.04. The number of nitrogens with one attached hydrogen (secondary N) is 1. The molecule has 0 saturated heterocycles. The van der Waals surface area contributed by atoms with Gasteiger partial charge in [0.2, 0.25) is 5.82 Å². The zero-order valence-corrected chi connectivity index (χ0v) is 12.3. The van der Waals surface area contributed by atoms with E-state index in [1.807, 2.05) is 13.8 Å². The molecule has 0 spiro atoms. The van der Waals surface area contributed by atoms with Gasteiger partial charge in [-0.3, -0.25) is 10.1 Å². The highest BCUT2D eigenvalue weighted by atomic mass is 19.1. The molecule has 0 amide bonds. The Labute approximate surface area is 122 Å². The van der Waals surface area contributed by atoms with Crippen molar-refractivity contribution < 1.29 is 9.31 Å². The maximum Gasteiger partial charge on any atom is 0.304 e. The van der Waals surface area contributed by atoms with E-state index in [1.54, 1.807) is 0 Å². The number of hydrogen-bond donors (Lipinski definition) is 1. The lowest BCUT2D eigenvalue weighted by Gasteiger charge is -2.08. The van der Waals surface area contributed by atoms with Crippen LogP contribution in [0.3, 0.4) is 0 Å². The minimum absolute atomic E-state index is 0.510. The van der Waals surface area contributed by atoms with E-state index >= 15 is 0 Å². The van der Waals surface area contributed by atoms with Crippen molar-refractivity contribution in [1.29, 1.82) is 0 Å². The predicted molar refractivity (Wildman–Crippen MR) is 80.0 cm³/mol. The molecule has 0 unspecified atom stereocenters. The molecule has 2 rings (SSSR count). The standard InChI is InChI=1S/C15H18FN3O2/c1-4-18-10(2)7-12(11(18)3)9-17-13-5-6-15(19(20)21)14(16)8-13/h5-8,17H,4,9H2,1-3H3. The van der Waals surface area contributed by atoms with Crippen LogP contribution in [0.1, 0.15) is 23.9 Å². The number of halogens is 1. The summed E-state index contributed by atoms with van der Waals surface area (Å²) in [7, 11) is 0. The molecule has 0 aliphatic rings. The van der Waals surface area contributed by atoms with Crippen molar-refractivity contribution in [2.75, 3.05) is 5.32 Å². The van der Waals surface area contributed by atoms with Crippen molar-refractivity contribution in [3.8, 4) is 0 Å². The van der Waals surface area contributed by atoms with E-state index in [1.165, 1.54) is 23.5 Å². The number of nitro benzene ring substituents is 1. The molecule has 0 radical (unpaired) electrons. The van der Waals surface area contributed by atoms with Crippen LogP contribution in [0.4, 0.5) is 15.8 Å². The van der Waals surface area contributed by atoms with Crippen LogP contribution >= 0.6 is 0 Å². The van der Waals surface area contributed by atoms with Crippen LogP contribution < -0.4 is 5.32 Å². The van der Waals surface area contributed by atoms with Gasteiger partial charge < -0.3 is 9.88 Å². The van der Waals surface area contributed by atoms with Gasteiger partial charge in [-0.1, -0.05) is 0 Å². The first kappa shape index (κ1) is 15.0. The summed E-state index contributed by atoms with van der Waals surface area (Å²) in [4.78, 5) is 9.84. The number of rotatable bonds is 5. The normalized spacial score (nSPS) is 10.7. The molecule has 1 N–H and O–H groups in total. The zero-order chi connectivity index (χ0) is 15.6. The Morgan fingerprint density at radius 2 is 2.05 bits per heavy atom. The number of anilines is 1. The molecule has 112 valence electrons. The predicted octanol–water partition coefficient (Wildman–Crippen LogP) is 3.78. The molecule has 1 aromatic carbocycles. The molecule has 0 aliphatic carbocycles. The van der Waals surface area contributed by atoms with Crippen LogP contribution in [0.5, 0.6) is 0 Å². The molecule has 0 aliphatic heterocycles. The molecule has 1 heterocycles. The molecule has 21 heavy (non-hydrogen) atoms. The summed E-state index contributed by atoms with van der Waals surface area (Å²) < 4.78 is 15.7. The Bertz CT molecular complexity index is 680. The summed E-state index contributed by atoms with van der Waals surface area (Å²) in [6.45, 7) is 7.64. The number of aryl methyl sites for hydroxylation is 1. The topological polar surface area (TPSA) is 60.1 Å². The van der Waals surface area contributed by atoms with Gasteiger partial charge in [0.05, 0.1) is 4.92 Å². The molecule has 6 heteroatoms. The largest absolute Gasteiger partial charge is 0.381 e. The van der Waals surface area contributed by atoms with Gasteiger partial charge in [-0.15, -0.1) is 0 Å². The molecule has 2 aromatic rings. The Kier molecular flexibility index (Phi) is 4.26. The second-order valence-corrected chi connectivity index (χ2v) is 4.92. The lowest BCUT2D eigenvalue weighted by molar-refractivity contribution is -0.387. The minimum atomic E-state index is -0.830. The van der Waals surface area contributed by atoms with Crippen LogP contribution in [0.2, 0.25) is 0 Å². The lowest BCUT2D eigenvalue weighted by Crippen LogP contribution is -2.03. The minimum Gasteiger partial charge on any atom is -0.381 e. The molecule has 0 saturated carbocycles. The maximum absolute atomic E-state index is 13.5. The highest BCUT2D eigenvalue weighted by Crippen LogP contribution is 2.22. The molecule has 0 fully saturated rings. The second kappa shape index (κ2) is 5.95. The second-order valence-electron chi connectivity index (χ2n) is 4.92. The fourth-order valence-electron chi connectivity index (χ4n) is 2.50. The average Bonchev–Trinajstić information content (AvgIpc) is 2.70. The van der Waals surface area contributed by atoms with E-state index in [0.29, 0.717) is 12.2 Å². The molecular formula is C15H18FN3O2. The van der Waals surface area contributed by atoms with Gasteiger partial charge in [-0.25, -0.2) is 0 Å². The SMILES string of the molecule is CCn1c(C)cc(CNc2ccc([N+](=O)[O-])c(F)c2)c1C. The van der Waals surface area contributed by atoms with Gasteiger partial charge in [-0.2, -0.15) is 4.39 Å². The third-order valence-electron chi connectivity index (χ3n) is 3.62. The first-order chi connectivity index (χ1) is 9.93. The number of nitrogens with zero attached hydrogens (tertiary/aromatic N) is 2. The summed E-state index contributed by atoms with van der Waals surface area (Å²) in [6, 6.07) is 5.93. The van der Waals surface area contributed by atoms with Crippen LogP contribution in [0.15, 0.2) is 24.3 Å². The fourth-order valence-corrected chi connectivity index (χ4v) is 2.50. The summed E-state index contributed by atoms with van der Waals surface area (Å²) in [5.74, 6) is -0.830. The molecule has 0 atom stereocenters. The van der Waals surface area contributed by atoms with E-state index < -0.39 is 16.4 Å². The van der Waals surface area contributed by atoms with Crippen LogP contribution in [-0.4, -0.2) is 9.49 Å². The molecule has 1 aromatic heterocycles. The van der Waals surface area contributed by atoms with Crippen LogP contribution in [0.25, 0.3) is 0 Å². The van der Waals surface area contributed by atoms with Gasteiger partial charge in [0.25, 0.3) is 0 Å². The average molecular weight is 291 g/mol. The van der Waals surface area contributed by atoms with Crippen LogP contribution in [-0.2, 0) is 13.1 Å². The number of hydrogen-bond acceptors (Lipinski definition) is 3. The van der Waals surface area contributed by atoms with Gasteiger partial charge in [0.1, 0.15) is 0 Å². The first-order valence-electron chi connectivity index (χ1n) is 6.77. The highest BCUT2D eigenvalue weighted by Gasteiger charge is 2.14. The first-order valence-corrected chi connectivity index (χ1v) is 6.77. The van der Waals surface area contributed by atoms with Crippen molar-refractivity contribution in [3.05, 3.63) is 57.1 Å². The van der Waals surface area contributed by atoms with Gasteiger partial charge in [0, 0.05) is 42.3 Å². The smallest absolute Gasteiger partial charge is 0.304 e. The van der Waals surface area contributed by atoms with Gasteiger partial charge in [-0.05, 0) is 38.5 Å². The van der Waals surface area contributed by atoms with Crippen molar-refractivity contribution in [1.82, 2.24) is 4.57 Å². The zero-order valence-electron chi connectivity index (χ0n) is 12.3. The third-order valence-corrected chi connectivity index (χ3v) is 3.62. The summed E-state index contributed by atoms with van der Waals surface area (Å²) in [6.07, 6.45) is 0. The Morgan fingerprint density at radius 3 is 2.57 bits per heavy atom. The highest BCUT2D eigenvalue weighted by molar-refractivity contribution is 5.50. The monoisotopic (exact) mass is 291 g/mol. The van der Waals surface area contributed by atoms with Gasteiger partial charge in [0.15, 0.2) is 0 Å². The van der Waals surface area contributed by atoms with Crippen molar-refractivity contribution in [3.63, 3.8) is 0 Å². The van der Waals surface area contributed by atoms with Gasteiger partial charge >= 0.3 is 5.69 Å². The summed E-state index contributed by atoms with van der Waals surface area (Å²) in [5.41, 5.74) is 3.50. The Balaban J connectivity index is 2.13. The number of benzene rings is 1. The molecule has 5 nitrogen and oxygen atoms in total. The summed E-state index contributed by atoms with van der Waals surface area (Å²) >= 11 is 0. The summed E-state index contributed by atoms with van der Waals surface area (Å²) in [5, 5.41) is 13.7. The van der Waals surface area contributed by atoms with E-state index in [-0.39, 0.29) is 0 Å². The van der Waals surface area contributed by atoms with Crippen molar-refractivity contribution >= 4 is 11.4 Å². The Hall–Kier alpha value is -2.37. The maximum atomic E-state index is 13.5. The van der Waals surface area contributed by atoms with E-state index in [4.69, 9.17) is 0 Å². The van der Waals surface area contributed by atoms with Crippen molar-refractivity contribution in [2.24, 2.45) is 0 Å². The van der Waals surface area contributed by atoms with E-state index in [9.17, 15) is 14.5 Å². The lowest BCUT2D eigenvalue weighted by atomic mass is 10.2. The molecule has 0 bridgehead atoms. The van der Waals surface area contributed by atoms with Crippen molar-refractivity contribution in [2.45, 2.75) is 33.9 Å². The van der Waals surface area contributed by atoms with E-state index in [2.05, 4.69) is 22.9 Å². The van der Waals surface area contributed by atoms with Crippen LogP contribution in [0, 0.1) is 29.8 Å². The molecular weight excluding hydrogens is 273 g/mol. The number of aromatic nitrogens is 1. The van der Waals surface area contributed by atoms with E-state index in [0.717, 1.165) is 18.2 Å². The Morgan fingerprint density at radius 1 is 1.33 bits per heavy atom. The fraction of sp³-hybridized carbons (Fsp3) is 0.333.